The van der Waals surface area contributed by atoms with Crippen molar-refractivity contribution in [3.05, 3.63) is 29.5 Å². The molecular formula is C15H19N3O2. The summed E-state index contributed by atoms with van der Waals surface area (Å²) in [6.45, 7) is 4.10. The summed E-state index contributed by atoms with van der Waals surface area (Å²) in [5.41, 5.74) is 3.07. The third kappa shape index (κ3) is 2.17. The lowest BCUT2D eigenvalue weighted by atomic mass is 10.0. The number of rotatable bonds is 3. The molecule has 1 aliphatic carbocycles. The van der Waals surface area contributed by atoms with Crippen LogP contribution in [-0.4, -0.2) is 26.9 Å². The van der Waals surface area contributed by atoms with Crippen LogP contribution in [0.4, 0.5) is 0 Å². The first-order valence-corrected chi connectivity index (χ1v) is 7.22. The monoisotopic (exact) mass is 273 g/mol. The fourth-order valence-electron chi connectivity index (χ4n) is 3.00. The van der Waals surface area contributed by atoms with Gasteiger partial charge in [0, 0.05) is 11.4 Å². The van der Waals surface area contributed by atoms with Crippen molar-refractivity contribution in [1.82, 2.24) is 14.4 Å². The number of imidazole rings is 1. The number of aryl methyl sites for hydroxylation is 1. The maximum atomic E-state index is 11.9. The Morgan fingerprint density at radius 2 is 2.20 bits per heavy atom. The molecule has 2 aromatic heterocycles. The van der Waals surface area contributed by atoms with Crippen molar-refractivity contribution >= 4 is 11.6 Å². The molecular weight excluding hydrogens is 254 g/mol. The summed E-state index contributed by atoms with van der Waals surface area (Å²) in [4.78, 5) is 20.6. The third-order valence-electron chi connectivity index (χ3n) is 3.90. The second-order valence-corrected chi connectivity index (χ2v) is 5.31. The molecule has 5 nitrogen and oxygen atoms in total. The zero-order chi connectivity index (χ0) is 14.1. The molecule has 0 amide bonds. The van der Waals surface area contributed by atoms with Gasteiger partial charge in [-0.25, -0.2) is 14.8 Å². The van der Waals surface area contributed by atoms with E-state index in [2.05, 4.69) is 16.0 Å². The Hall–Kier alpha value is -1.91. The maximum Gasteiger partial charge on any atom is 0.360 e. The summed E-state index contributed by atoms with van der Waals surface area (Å²) in [6, 6.07) is 2.11. The number of aromatic nitrogens is 3. The molecule has 5 heteroatoms. The molecule has 0 atom stereocenters. The Balaban J connectivity index is 2.11. The van der Waals surface area contributed by atoms with E-state index in [-0.39, 0.29) is 0 Å². The number of esters is 1. The van der Waals surface area contributed by atoms with Crippen molar-refractivity contribution in [2.75, 3.05) is 6.61 Å². The standard InChI is InChI=1S/C15H19N3O2/c1-3-20-15(19)13-14-17-10(2)8-12(18(14)9-16-13)11-6-4-5-7-11/h8-9,11H,3-7H2,1-2H3. The molecule has 2 heterocycles. The molecule has 0 bridgehead atoms. The number of hydrogen-bond acceptors (Lipinski definition) is 4. The van der Waals surface area contributed by atoms with Crippen molar-refractivity contribution in [3.63, 3.8) is 0 Å². The van der Waals surface area contributed by atoms with Crippen molar-refractivity contribution in [1.29, 1.82) is 0 Å². The number of hydrogen-bond donors (Lipinski definition) is 0. The maximum absolute atomic E-state index is 11.9. The molecule has 0 aromatic carbocycles. The van der Waals surface area contributed by atoms with Gasteiger partial charge in [0.15, 0.2) is 11.3 Å². The highest BCUT2D eigenvalue weighted by Gasteiger charge is 2.23. The van der Waals surface area contributed by atoms with E-state index in [4.69, 9.17) is 4.74 Å². The summed E-state index contributed by atoms with van der Waals surface area (Å²) in [5, 5.41) is 0. The Morgan fingerprint density at radius 1 is 1.45 bits per heavy atom. The van der Waals surface area contributed by atoms with Crippen molar-refractivity contribution < 1.29 is 9.53 Å². The molecule has 0 saturated heterocycles. The zero-order valence-corrected chi connectivity index (χ0v) is 11.9. The minimum Gasteiger partial charge on any atom is -0.461 e. The summed E-state index contributed by atoms with van der Waals surface area (Å²) in [7, 11) is 0. The zero-order valence-electron chi connectivity index (χ0n) is 11.9. The predicted octanol–water partition coefficient (Wildman–Crippen LogP) is 2.87. The molecule has 0 aliphatic heterocycles. The van der Waals surface area contributed by atoms with Gasteiger partial charge in [-0.3, -0.25) is 4.40 Å². The van der Waals surface area contributed by atoms with Gasteiger partial charge >= 0.3 is 5.97 Å². The average molecular weight is 273 g/mol. The molecule has 0 N–H and O–H groups in total. The molecule has 1 aliphatic rings. The second kappa shape index (κ2) is 5.23. The van der Waals surface area contributed by atoms with Crippen molar-refractivity contribution in [2.24, 2.45) is 0 Å². The number of ether oxygens (including phenoxy) is 1. The van der Waals surface area contributed by atoms with Crippen molar-refractivity contribution in [3.8, 4) is 0 Å². The van der Waals surface area contributed by atoms with Crippen LogP contribution in [0.2, 0.25) is 0 Å². The molecule has 3 rings (SSSR count). The van der Waals surface area contributed by atoms with Crippen LogP contribution in [0.3, 0.4) is 0 Å². The lowest BCUT2D eigenvalue weighted by molar-refractivity contribution is 0.0522. The molecule has 1 saturated carbocycles. The second-order valence-electron chi connectivity index (χ2n) is 5.31. The van der Waals surface area contributed by atoms with Gasteiger partial charge in [-0.2, -0.15) is 0 Å². The van der Waals surface area contributed by atoms with Gasteiger partial charge in [-0.1, -0.05) is 12.8 Å². The largest absolute Gasteiger partial charge is 0.461 e. The van der Waals surface area contributed by atoms with Gasteiger partial charge in [0.25, 0.3) is 0 Å². The predicted molar refractivity (Wildman–Crippen MR) is 74.9 cm³/mol. The number of fused-ring (bicyclic) bond motifs is 1. The summed E-state index contributed by atoms with van der Waals surface area (Å²) in [5.74, 6) is 0.147. The van der Waals surface area contributed by atoms with Crippen LogP contribution in [0.25, 0.3) is 5.65 Å². The van der Waals surface area contributed by atoms with Gasteiger partial charge in [-0.05, 0) is 38.7 Å². The number of carbonyl (C=O) groups excluding carboxylic acids is 1. The number of carbonyl (C=O) groups is 1. The van der Waals surface area contributed by atoms with E-state index >= 15 is 0 Å². The van der Waals surface area contributed by atoms with E-state index in [9.17, 15) is 4.79 Å². The van der Waals surface area contributed by atoms with Crippen LogP contribution >= 0.6 is 0 Å². The van der Waals surface area contributed by atoms with Crippen LogP contribution in [0.1, 0.15) is 60.4 Å². The van der Waals surface area contributed by atoms with E-state index in [0.717, 1.165) is 5.69 Å². The minimum absolute atomic E-state index is 0.315. The summed E-state index contributed by atoms with van der Waals surface area (Å²) in [6.07, 6.45) is 6.64. The van der Waals surface area contributed by atoms with Crippen LogP contribution in [0.15, 0.2) is 12.4 Å². The Bertz CT molecular complexity index is 642. The highest BCUT2D eigenvalue weighted by molar-refractivity contribution is 5.93. The van der Waals surface area contributed by atoms with E-state index in [1.165, 1.54) is 31.4 Å². The fourth-order valence-corrected chi connectivity index (χ4v) is 3.00. The SMILES string of the molecule is CCOC(=O)c1ncn2c(C3CCCC3)cc(C)nc12. The molecule has 106 valence electrons. The topological polar surface area (TPSA) is 56.5 Å². The minimum atomic E-state index is -0.398. The third-order valence-corrected chi connectivity index (χ3v) is 3.90. The first kappa shape index (κ1) is 13.1. The average Bonchev–Trinajstić information content (AvgIpc) is 3.07. The molecule has 2 aromatic rings. The van der Waals surface area contributed by atoms with Gasteiger partial charge in [0.2, 0.25) is 0 Å². The highest BCUT2D eigenvalue weighted by atomic mass is 16.5. The molecule has 0 spiro atoms. The van der Waals surface area contributed by atoms with Gasteiger partial charge in [0.05, 0.1) is 6.61 Å². The summed E-state index contributed by atoms with van der Waals surface area (Å²) >= 11 is 0. The quantitative estimate of drug-likeness (QED) is 0.807. The Labute approximate surface area is 118 Å². The smallest absolute Gasteiger partial charge is 0.360 e. The van der Waals surface area contributed by atoms with Crippen LogP contribution in [-0.2, 0) is 4.74 Å². The molecule has 20 heavy (non-hydrogen) atoms. The lowest BCUT2D eigenvalue weighted by Crippen LogP contribution is -2.08. The van der Waals surface area contributed by atoms with Crippen LogP contribution in [0, 0.1) is 6.92 Å². The molecule has 0 unspecified atom stereocenters. The molecule has 0 radical (unpaired) electrons. The highest BCUT2D eigenvalue weighted by Crippen LogP contribution is 2.34. The first-order chi connectivity index (χ1) is 9.70. The number of nitrogens with zero attached hydrogens (tertiary/aromatic N) is 3. The van der Waals surface area contributed by atoms with E-state index < -0.39 is 5.97 Å². The van der Waals surface area contributed by atoms with Gasteiger partial charge < -0.3 is 4.74 Å². The lowest BCUT2D eigenvalue weighted by Gasteiger charge is -2.13. The van der Waals surface area contributed by atoms with E-state index in [0.29, 0.717) is 23.9 Å². The normalized spacial score (nSPS) is 15.9. The van der Waals surface area contributed by atoms with Crippen molar-refractivity contribution in [2.45, 2.75) is 45.4 Å². The van der Waals surface area contributed by atoms with E-state index in [1.807, 2.05) is 11.3 Å². The van der Waals surface area contributed by atoms with Crippen LogP contribution in [0.5, 0.6) is 0 Å². The van der Waals surface area contributed by atoms with Gasteiger partial charge in [-0.15, -0.1) is 0 Å². The van der Waals surface area contributed by atoms with E-state index in [1.54, 1.807) is 13.3 Å². The fraction of sp³-hybridized carbons (Fsp3) is 0.533. The van der Waals surface area contributed by atoms with Crippen LogP contribution < -0.4 is 0 Å². The summed E-state index contributed by atoms with van der Waals surface area (Å²) < 4.78 is 7.00. The first-order valence-electron chi connectivity index (χ1n) is 7.22. The Kier molecular flexibility index (Phi) is 3.42. The Morgan fingerprint density at radius 3 is 2.90 bits per heavy atom. The molecule has 1 fully saturated rings. The van der Waals surface area contributed by atoms with Gasteiger partial charge in [0.1, 0.15) is 6.33 Å².